The Balaban J connectivity index is 0.000000882. The first-order valence-electron chi connectivity index (χ1n) is 7.96. The minimum Gasteiger partial charge on any atom is -0.497 e. The van der Waals surface area contributed by atoms with E-state index in [2.05, 4.69) is 28.8 Å². The van der Waals surface area contributed by atoms with Crippen LogP contribution < -0.4 is 15.4 Å². The zero-order valence-corrected chi connectivity index (χ0v) is 14.7. The van der Waals surface area contributed by atoms with Crippen LogP contribution in [0, 0.1) is 0 Å². The Labute approximate surface area is 145 Å². The highest BCUT2D eigenvalue weighted by molar-refractivity contribution is 5.85. The van der Waals surface area contributed by atoms with Crippen LogP contribution in [0.1, 0.15) is 49.3 Å². The highest BCUT2D eigenvalue weighted by Gasteiger charge is 2.45. The van der Waals surface area contributed by atoms with Crippen molar-refractivity contribution in [2.75, 3.05) is 20.2 Å². The predicted molar refractivity (Wildman–Crippen MR) is 94.8 cm³/mol. The molecule has 3 aliphatic rings. The predicted octanol–water partition coefficient (Wildman–Crippen LogP) is 3.36. The molecule has 1 aromatic carbocycles. The number of nitrogens with one attached hydrogen (secondary N) is 2. The summed E-state index contributed by atoms with van der Waals surface area (Å²) < 4.78 is 5.47. The Morgan fingerprint density at radius 2 is 1.91 bits per heavy atom. The zero-order valence-electron chi connectivity index (χ0n) is 13.1. The minimum absolute atomic E-state index is 0. The number of ether oxygens (including phenoxy) is 1. The van der Waals surface area contributed by atoms with Crippen molar-refractivity contribution in [2.24, 2.45) is 0 Å². The van der Waals surface area contributed by atoms with Gasteiger partial charge in [-0.2, -0.15) is 0 Å². The molecule has 0 amide bonds. The molecule has 0 radical (unpaired) electrons. The number of halogens is 2. The molecule has 2 N–H and O–H groups in total. The van der Waals surface area contributed by atoms with Gasteiger partial charge < -0.3 is 15.4 Å². The number of piperidine rings is 1. The number of methoxy groups -OCH3 is 1. The number of fused-ring (bicyclic) bond motifs is 2. The molecule has 1 unspecified atom stereocenters. The zero-order chi connectivity index (χ0) is 13.6. The van der Waals surface area contributed by atoms with Crippen molar-refractivity contribution < 1.29 is 4.74 Å². The lowest BCUT2D eigenvalue weighted by Crippen LogP contribution is -2.39. The van der Waals surface area contributed by atoms with E-state index in [0.29, 0.717) is 11.5 Å². The summed E-state index contributed by atoms with van der Waals surface area (Å²) in [5, 5.41) is 7.37. The summed E-state index contributed by atoms with van der Waals surface area (Å²) >= 11 is 0. The first-order valence-corrected chi connectivity index (χ1v) is 7.96. The maximum atomic E-state index is 5.47. The molecule has 1 atom stereocenters. The summed E-state index contributed by atoms with van der Waals surface area (Å²) in [5.74, 6) is 1.01. The van der Waals surface area contributed by atoms with Gasteiger partial charge in [0.15, 0.2) is 0 Å². The molecule has 22 heavy (non-hydrogen) atoms. The molecule has 1 saturated carbocycles. The van der Waals surface area contributed by atoms with Gasteiger partial charge in [-0.15, -0.1) is 24.8 Å². The van der Waals surface area contributed by atoms with Crippen LogP contribution in [0.25, 0.3) is 0 Å². The van der Waals surface area contributed by atoms with Crippen LogP contribution in [0.3, 0.4) is 0 Å². The quantitative estimate of drug-likeness (QED) is 0.881. The second-order valence-electron chi connectivity index (χ2n) is 6.68. The van der Waals surface area contributed by atoms with E-state index in [1.165, 1.54) is 37.7 Å². The van der Waals surface area contributed by atoms with Gasteiger partial charge in [0.05, 0.1) is 7.11 Å². The number of benzene rings is 1. The molecule has 124 valence electrons. The van der Waals surface area contributed by atoms with E-state index in [0.717, 1.165) is 24.9 Å². The lowest BCUT2D eigenvalue weighted by atomic mass is 9.74. The van der Waals surface area contributed by atoms with Gasteiger partial charge in [-0.3, -0.25) is 0 Å². The summed E-state index contributed by atoms with van der Waals surface area (Å²) in [5.41, 5.74) is 3.46. The van der Waals surface area contributed by atoms with Gasteiger partial charge in [-0.25, -0.2) is 0 Å². The molecule has 5 heteroatoms. The lowest BCUT2D eigenvalue weighted by molar-refractivity contribution is 0.281. The highest BCUT2D eigenvalue weighted by atomic mass is 35.5. The van der Waals surface area contributed by atoms with Crippen LogP contribution in [-0.2, 0) is 5.41 Å². The monoisotopic (exact) mass is 344 g/mol. The lowest BCUT2D eigenvalue weighted by Gasteiger charge is -2.35. The first kappa shape index (κ1) is 17.9. The van der Waals surface area contributed by atoms with Crippen LogP contribution >= 0.6 is 24.8 Å². The average molecular weight is 345 g/mol. The van der Waals surface area contributed by atoms with E-state index in [4.69, 9.17) is 4.74 Å². The van der Waals surface area contributed by atoms with Gasteiger partial charge in [0.1, 0.15) is 5.75 Å². The number of hydrogen-bond acceptors (Lipinski definition) is 3. The molecule has 0 aromatic heterocycles. The van der Waals surface area contributed by atoms with Crippen LogP contribution in [-0.4, -0.2) is 26.2 Å². The fraction of sp³-hybridized carbons (Fsp3) is 0.647. The molecule has 1 aliphatic heterocycles. The SMILES string of the molecule is COc1ccc2c(c1)C1(CCNCC1)CC2NC1CC1.Cl.Cl. The summed E-state index contributed by atoms with van der Waals surface area (Å²) in [4.78, 5) is 0. The molecule has 0 bridgehead atoms. The molecule has 2 aliphatic carbocycles. The Morgan fingerprint density at radius 3 is 2.55 bits per heavy atom. The maximum absolute atomic E-state index is 5.47. The van der Waals surface area contributed by atoms with E-state index in [1.807, 2.05) is 0 Å². The summed E-state index contributed by atoms with van der Waals surface area (Å²) in [6.07, 6.45) is 6.51. The van der Waals surface area contributed by atoms with Gasteiger partial charge in [-0.1, -0.05) is 6.07 Å². The second-order valence-corrected chi connectivity index (χ2v) is 6.68. The van der Waals surface area contributed by atoms with Crippen LogP contribution in [0.5, 0.6) is 5.75 Å². The van der Waals surface area contributed by atoms with Crippen molar-refractivity contribution in [1.82, 2.24) is 10.6 Å². The molecule has 4 rings (SSSR count). The maximum Gasteiger partial charge on any atom is 0.119 e. The minimum atomic E-state index is 0. The normalized spacial score (nSPS) is 25.0. The van der Waals surface area contributed by atoms with Gasteiger partial charge in [0, 0.05) is 12.1 Å². The van der Waals surface area contributed by atoms with Crippen molar-refractivity contribution in [3.05, 3.63) is 29.3 Å². The standard InChI is InChI=1S/C17H24N2O.2ClH/c1-20-13-4-5-14-15(10-13)17(6-8-18-9-7-17)11-16(14)19-12-2-3-12;;/h4-5,10,12,16,18-19H,2-3,6-9,11H2,1H3;2*1H. The average Bonchev–Trinajstić information content (AvgIpc) is 3.26. The molecular formula is C17H26Cl2N2O. The van der Waals surface area contributed by atoms with Crippen LogP contribution in [0.4, 0.5) is 0 Å². The molecular weight excluding hydrogens is 319 g/mol. The molecule has 1 spiro atoms. The summed E-state index contributed by atoms with van der Waals surface area (Å²) in [6.45, 7) is 2.29. The van der Waals surface area contributed by atoms with Gasteiger partial charge in [-0.05, 0) is 73.9 Å². The second kappa shape index (κ2) is 6.96. The first-order chi connectivity index (χ1) is 9.81. The smallest absolute Gasteiger partial charge is 0.119 e. The topological polar surface area (TPSA) is 33.3 Å². The van der Waals surface area contributed by atoms with Crippen molar-refractivity contribution in [3.8, 4) is 5.75 Å². The molecule has 3 nitrogen and oxygen atoms in total. The third-order valence-corrected chi connectivity index (χ3v) is 5.38. The van der Waals surface area contributed by atoms with Crippen molar-refractivity contribution in [3.63, 3.8) is 0 Å². The molecule has 1 saturated heterocycles. The third-order valence-electron chi connectivity index (χ3n) is 5.38. The van der Waals surface area contributed by atoms with Crippen molar-refractivity contribution >= 4 is 24.8 Å². The summed E-state index contributed by atoms with van der Waals surface area (Å²) in [7, 11) is 1.77. The Morgan fingerprint density at radius 1 is 1.18 bits per heavy atom. The van der Waals surface area contributed by atoms with Gasteiger partial charge in [0.25, 0.3) is 0 Å². The van der Waals surface area contributed by atoms with Crippen LogP contribution in [0.15, 0.2) is 18.2 Å². The van der Waals surface area contributed by atoms with E-state index >= 15 is 0 Å². The van der Waals surface area contributed by atoms with E-state index in [-0.39, 0.29) is 24.8 Å². The van der Waals surface area contributed by atoms with E-state index < -0.39 is 0 Å². The fourth-order valence-electron chi connectivity index (χ4n) is 4.10. The van der Waals surface area contributed by atoms with Gasteiger partial charge >= 0.3 is 0 Å². The van der Waals surface area contributed by atoms with Crippen LogP contribution in [0.2, 0.25) is 0 Å². The van der Waals surface area contributed by atoms with Crippen molar-refractivity contribution in [2.45, 2.75) is 49.6 Å². The Hall–Kier alpha value is -0.480. The Bertz CT molecular complexity index is 513. The van der Waals surface area contributed by atoms with E-state index in [1.54, 1.807) is 12.7 Å². The highest BCUT2D eigenvalue weighted by Crippen LogP contribution is 2.51. The molecule has 1 aromatic rings. The number of rotatable bonds is 3. The number of hydrogen-bond donors (Lipinski definition) is 2. The molecule has 1 heterocycles. The summed E-state index contributed by atoms with van der Waals surface area (Å²) in [6, 6.07) is 8.05. The molecule has 2 fully saturated rings. The van der Waals surface area contributed by atoms with E-state index in [9.17, 15) is 0 Å². The van der Waals surface area contributed by atoms with Crippen molar-refractivity contribution in [1.29, 1.82) is 0 Å². The Kier molecular flexibility index (Phi) is 5.65. The van der Waals surface area contributed by atoms with Gasteiger partial charge in [0.2, 0.25) is 0 Å². The largest absolute Gasteiger partial charge is 0.497 e. The third kappa shape index (κ3) is 3.09. The fourth-order valence-corrected chi connectivity index (χ4v) is 4.10.